The van der Waals surface area contributed by atoms with Gasteiger partial charge in [0.2, 0.25) is 0 Å². The Hall–Kier alpha value is -3.18. The lowest BCUT2D eigenvalue weighted by Gasteiger charge is -2.35. The van der Waals surface area contributed by atoms with E-state index in [1.807, 2.05) is 31.2 Å². The lowest BCUT2D eigenvalue weighted by Crippen LogP contribution is -2.42. The van der Waals surface area contributed by atoms with Crippen molar-refractivity contribution < 1.29 is 19.7 Å². The van der Waals surface area contributed by atoms with Crippen LogP contribution in [0.5, 0.6) is 17.2 Å². The summed E-state index contributed by atoms with van der Waals surface area (Å²) in [4.78, 5) is 14.9. The Bertz CT molecular complexity index is 1130. The predicted molar refractivity (Wildman–Crippen MR) is 118 cm³/mol. The van der Waals surface area contributed by atoms with Gasteiger partial charge in [-0.15, -0.1) is 0 Å². The van der Waals surface area contributed by atoms with Gasteiger partial charge in [0.1, 0.15) is 17.2 Å². The number of amides is 1. The Kier molecular flexibility index (Phi) is 5.31. The molecule has 6 heteroatoms. The van der Waals surface area contributed by atoms with Gasteiger partial charge in [-0.1, -0.05) is 17.7 Å². The highest BCUT2D eigenvalue weighted by molar-refractivity contribution is 6.33. The second-order valence-electron chi connectivity index (χ2n) is 7.45. The summed E-state index contributed by atoms with van der Waals surface area (Å²) in [6.07, 6.45) is 1.64. The lowest BCUT2D eigenvalue weighted by molar-refractivity contribution is 0.0972. The molecular weight excluding hydrogens is 402 g/mol. The third-order valence-corrected chi connectivity index (χ3v) is 5.84. The molecule has 1 amide bonds. The number of methoxy groups -OCH3 is 1. The number of benzene rings is 3. The van der Waals surface area contributed by atoms with Crippen molar-refractivity contribution in [2.75, 3.05) is 12.0 Å². The summed E-state index contributed by atoms with van der Waals surface area (Å²) in [5.41, 5.74) is 3.89. The van der Waals surface area contributed by atoms with Crippen LogP contribution in [0, 0.1) is 0 Å². The number of ether oxygens (including phenoxy) is 1. The molecule has 3 aromatic carbocycles. The fourth-order valence-electron chi connectivity index (χ4n) is 3.92. The van der Waals surface area contributed by atoms with E-state index in [4.69, 9.17) is 16.3 Å². The van der Waals surface area contributed by atoms with E-state index in [9.17, 15) is 15.0 Å². The number of phenolic OH excluding ortho intramolecular Hbond substituents is 2. The molecule has 1 aliphatic heterocycles. The van der Waals surface area contributed by atoms with Gasteiger partial charge in [0, 0.05) is 23.4 Å². The lowest BCUT2D eigenvalue weighted by atomic mass is 9.92. The zero-order chi connectivity index (χ0) is 21.4. The second kappa shape index (κ2) is 7.92. The number of halogens is 1. The van der Waals surface area contributed by atoms with Crippen LogP contribution in [0.2, 0.25) is 5.02 Å². The summed E-state index contributed by atoms with van der Waals surface area (Å²) in [7, 11) is 1.60. The zero-order valence-electron chi connectivity index (χ0n) is 16.7. The van der Waals surface area contributed by atoms with Crippen LogP contribution in [0.1, 0.15) is 29.3 Å². The molecule has 5 nitrogen and oxygen atoms in total. The molecule has 1 heterocycles. The number of hydrogen-bond donors (Lipinski definition) is 2. The average Bonchev–Trinajstić information content (AvgIpc) is 2.73. The molecule has 0 aromatic heterocycles. The average molecular weight is 424 g/mol. The number of fused-ring (bicyclic) bond motifs is 1. The van der Waals surface area contributed by atoms with Crippen molar-refractivity contribution in [2.45, 2.75) is 25.8 Å². The molecule has 0 unspecified atom stereocenters. The van der Waals surface area contributed by atoms with Crippen LogP contribution in [0.4, 0.5) is 5.69 Å². The fraction of sp³-hybridized carbons (Fsp3) is 0.208. The molecule has 0 bridgehead atoms. The summed E-state index contributed by atoms with van der Waals surface area (Å²) >= 11 is 6.45. The number of hydrogen-bond acceptors (Lipinski definition) is 4. The molecule has 1 aliphatic rings. The van der Waals surface area contributed by atoms with E-state index in [1.54, 1.807) is 18.1 Å². The summed E-state index contributed by atoms with van der Waals surface area (Å²) in [5, 5.41) is 20.3. The van der Waals surface area contributed by atoms with E-state index in [2.05, 4.69) is 6.07 Å². The third-order valence-electron chi connectivity index (χ3n) is 5.53. The van der Waals surface area contributed by atoms with E-state index >= 15 is 0 Å². The van der Waals surface area contributed by atoms with Crippen molar-refractivity contribution in [3.63, 3.8) is 0 Å². The van der Waals surface area contributed by atoms with Crippen molar-refractivity contribution >= 4 is 23.2 Å². The Morgan fingerprint density at radius 1 is 1.10 bits per heavy atom. The van der Waals surface area contributed by atoms with Crippen molar-refractivity contribution in [2.24, 2.45) is 0 Å². The van der Waals surface area contributed by atoms with Gasteiger partial charge in [-0.05, 0) is 73.4 Å². The molecule has 0 fully saturated rings. The smallest absolute Gasteiger partial charge is 0.262 e. The monoisotopic (exact) mass is 423 g/mol. The minimum absolute atomic E-state index is 0.0198. The summed E-state index contributed by atoms with van der Waals surface area (Å²) < 4.78 is 5.22. The van der Waals surface area contributed by atoms with Crippen LogP contribution in [0.3, 0.4) is 0 Å². The first-order valence-electron chi connectivity index (χ1n) is 9.71. The molecule has 30 heavy (non-hydrogen) atoms. The maximum atomic E-state index is 13.2. The van der Waals surface area contributed by atoms with Crippen LogP contribution in [0.15, 0.2) is 54.6 Å². The highest BCUT2D eigenvalue weighted by Gasteiger charge is 2.30. The van der Waals surface area contributed by atoms with Crippen LogP contribution in [-0.4, -0.2) is 29.3 Å². The summed E-state index contributed by atoms with van der Waals surface area (Å²) in [5.74, 6) is 0.0790. The molecule has 0 saturated heterocycles. The number of phenols is 2. The van der Waals surface area contributed by atoms with Gasteiger partial charge >= 0.3 is 0 Å². The van der Waals surface area contributed by atoms with Crippen molar-refractivity contribution in [1.29, 1.82) is 0 Å². The normalized spacial score (nSPS) is 15.6. The van der Waals surface area contributed by atoms with E-state index in [-0.39, 0.29) is 29.0 Å². The maximum Gasteiger partial charge on any atom is 0.262 e. The van der Waals surface area contributed by atoms with Crippen LogP contribution in [-0.2, 0) is 6.42 Å². The molecule has 0 aliphatic carbocycles. The first-order chi connectivity index (χ1) is 14.4. The Labute approximate surface area is 180 Å². The standard InChI is InChI=1S/C24H22ClNO4/c1-14-3-4-16-11-15(19-9-7-18(30-2)13-21(19)25)5-10-22(16)26(14)24(29)20-8-6-17(27)12-23(20)28/h5-14,27-28H,3-4H2,1-2H3/t14-/m0/s1. The van der Waals surface area contributed by atoms with Gasteiger partial charge in [0.25, 0.3) is 5.91 Å². The number of carbonyl (C=O) groups excluding carboxylic acids is 1. The molecular formula is C24H22ClNO4. The highest BCUT2D eigenvalue weighted by atomic mass is 35.5. The number of nitrogens with zero attached hydrogens (tertiary/aromatic N) is 1. The fourth-order valence-corrected chi connectivity index (χ4v) is 4.20. The van der Waals surface area contributed by atoms with Gasteiger partial charge < -0.3 is 19.8 Å². The minimum atomic E-state index is -0.295. The van der Waals surface area contributed by atoms with Gasteiger partial charge in [-0.25, -0.2) is 0 Å². The number of aryl methyl sites for hydroxylation is 1. The van der Waals surface area contributed by atoms with Crippen molar-refractivity contribution in [3.05, 3.63) is 70.7 Å². The third kappa shape index (κ3) is 3.57. The second-order valence-corrected chi connectivity index (χ2v) is 7.86. The van der Waals surface area contributed by atoms with Gasteiger partial charge in [0.05, 0.1) is 17.7 Å². The first-order valence-corrected chi connectivity index (χ1v) is 10.1. The zero-order valence-corrected chi connectivity index (χ0v) is 17.5. The molecule has 3 aromatic rings. The molecule has 154 valence electrons. The predicted octanol–water partition coefficient (Wildman–Crippen LogP) is 5.41. The van der Waals surface area contributed by atoms with Gasteiger partial charge in [0.15, 0.2) is 0 Å². The van der Waals surface area contributed by atoms with Crippen molar-refractivity contribution in [1.82, 2.24) is 0 Å². The van der Waals surface area contributed by atoms with E-state index < -0.39 is 0 Å². The quantitative estimate of drug-likeness (QED) is 0.591. The van der Waals surface area contributed by atoms with E-state index in [0.29, 0.717) is 10.8 Å². The molecule has 2 N–H and O–H groups in total. The minimum Gasteiger partial charge on any atom is -0.508 e. The van der Waals surface area contributed by atoms with Gasteiger partial charge in [-0.2, -0.15) is 0 Å². The summed E-state index contributed by atoms with van der Waals surface area (Å²) in [6, 6.07) is 15.5. The molecule has 4 rings (SSSR count). The van der Waals surface area contributed by atoms with Crippen LogP contribution >= 0.6 is 11.6 Å². The van der Waals surface area contributed by atoms with Crippen molar-refractivity contribution in [3.8, 4) is 28.4 Å². The Morgan fingerprint density at radius 3 is 2.60 bits per heavy atom. The number of aromatic hydroxyl groups is 2. The van der Waals surface area contributed by atoms with Crippen LogP contribution < -0.4 is 9.64 Å². The Balaban J connectivity index is 1.73. The van der Waals surface area contributed by atoms with E-state index in [1.165, 1.54) is 18.2 Å². The Morgan fingerprint density at radius 2 is 1.90 bits per heavy atom. The number of anilines is 1. The van der Waals surface area contributed by atoms with Crippen LogP contribution in [0.25, 0.3) is 11.1 Å². The number of rotatable bonds is 3. The SMILES string of the molecule is COc1ccc(-c2ccc3c(c2)CC[C@H](C)N3C(=O)c2ccc(O)cc2O)c(Cl)c1. The molecule has 0 spiro atoms. The van der Waals surface area contributed by atoms with E-state index in [0.717, 1.165) is 35.2 Å². The molecule has 0 saturated carbocycles. The topological polar surface area (TPSA) is 70.0 Å². The molecule has 0 radical (unpaired) electrons. The van der Waals surface area contributed by atoms with Gasteiger partial charge in [-0.3, -0.25) is 4.79 Å². The highest BCUT2D eigenvalue weighted by Crippen LogP contribution is 2.38. The number of carbonyl (C=O) groups is 1. The first kappa shape index (κ1) is 20.1. The summed E-state index contributed by atoms with van der Waals surface area (Å²) in [6.45, 7) is 1.99. The molecule has 1 atom stereocenters. The maximum absolute atomic E-state index is 13.2. The largest absolute Gasteiger partial charge is 0.508 e.